The Balaban J connectivity index is 2.02. The van der Waals surface area contributed by atoms with Crippen molar-refractivity contribution >= 4 is 23.6 Å². The predicted octanol–water partition coefficient (Wildman–Crippen LogP) is 3.40. The van der Waals surface area contributed by atoms with Crippen LogP contribution in [0.4, 0.5) is 4.39 Å². The van der Waals surface area contributed by atoms with E-state index in [4.69, 9.17) is 10.6 Å². The highest BCUT2D eigenvalue weighted by molar-refractivity contribution is 7.94. The molecule has 1 fully saturated rings. The minimum absolute atomic E-state index is 0.331. The topological polar surface area (TPSA) is 70.8 Å². The molecule has 0 aromatic heterocycles. The molecule has 1 saturated heterocycles. The van der Waals surface area contributed by atoms with Crippen LogP contribution in [0.3, 0.4) is 0 Å². The molecule has 0 unspecified atom stereocenters. The lowest BCUT2D eigenvalue weighted by Gasteiger charge is -2.11. The summed E-state index contributed by atoms with van der Waals surface area (Å²) in [6.07, 6.45) is 0.520. The fourth-order valence-electron chi connectivity index (χ4n) is 2.53. The lowest BCUT2D eigenvalue weighted by molar-refractivity contribution is -0.195. The van der Waals surface area contributed by atoms with E-state index in [1.165, 1.54) is 12.1 Å². The first-order valence-corrected chi connectivity index (χ1v) is 7.90. The Labute approximate surface area is 142 Å². The van der Waals surface area contributed by atoms with Gasteiger partial charge in [0.2, 0.25) is 0 Å². The molecular formula is C17H14FNO4S. The van der Waals surface area contributed by atoms with Crippen LogP contribution in [-0.2, 0) is 18.9 Å². The number of hydrogen-bond donors (Lipinski definition) is 1. The standard InChI is InChI=1S/C17H14FNO4S/c18-13-5-1-11(2-6-13)16(15-9-10-21-17(15)20)12-3-7-14(8-4-12)24-23-22-19/h1-8H,9-10,19H2/b16-15+. The van der Waals surface area contributed by atoms with E-state index in [9.17, 15) is 9.18 Å². The van der Waals surface area contributed by atoms with Gasteiger partial charge in [-0.3, -0.25) is 0 Å². The van der Waals surface area contributed by atoms with Gasteiger partial charge in [0.1, 0.15) is 5.82 Å². The van der Waals surface area contributed by atoms with E-state index >= 15 is 0 Å². The van der Waals surface area contributed by atoms with Gasteiger partial charge in [0, 0.05) is 16.9 Å². The molecule has 2 N–H and O–H groups in total. The third kappa shape index (κ3) is 3.65. The molecule has 5 nitrogen and oxygen atoms in total. The van der Waals surface area contributed by atoms with Crippen LogP contribution in [0.25, 0.3) is 5.57 Å². The quantitative estimate of drug-likeness (QED) is 0.294. The number of cyclic esters (lactones) is 1. The number of carbonyl (C=O) groups is 1. The Morgan fingerprint density at radius 3 is 2.25 bits per heavy atom. The van der Waals surface area contributed by atoms with Gasteiger partial charge < -0.3 is 4.74 Å². The lowest BCUT2D eigenvalue weighted by atomic mass is 9.92. The molecule has 7 heteroatoms. The second-order valence-corrected chi connectivity index (χ2v) is 5.79. The maximum atomic E-state index is 13.2. The van der Waals surface area contributed by atoms with E-state index in [0.29, 0.717) is 18.6 Å². The molecule has 2 aromatic rings. The highest BCUT2D eigenvalue weighted by Gasteiger charge is 2.24. The van der Waals surface area contributed by atoms with Crippen LogP contribution in [0, 0.1) is 5.82 Å². The monoisotopic (exact) mass is 347 g/mol. The van der Waals surface area contributed by atoms with Crippen LogP contribution in [0.15, 0.2) is 59.0 Å². The van der Waals surface area contributed by atoms with E-state index in [-0.39, 0.29) is 11.8 Å². The zero-order valence-electron chi connectivity index (χ0n) is 12.5. The van der Waals surface area contributed by atoms with Crippen LogP contribution in [0.5, 0.6) is 0 Å². The smallest absolute Gasteiger partial charge is 0.334 e. The minimum Gasteiger partial charge on any atom is -0.462 e. The molecule has 1 aliphatic heterocycles. The van der Waals surface area contributed by atoms with Gasteiger partial charge >= 0.3 is 5.97 Å². The first-order valence-electron chi connectivity index (χ1n) is 7.16. The number of nitrogens with two attached hydrogens (primary N) is 1. The van der Waals surface area contributed by atoms with Crippen molar-refractivity contribution in [3.05, 3.63) is 71.0 Å². The van der Waals surface area contributed by atoms with Crippen molar-refractivity contribution in [1.29, 1.82) is 0 Å². The third-order valence-corrected chi connectivity index (χ3v) is 4.19. The van der Waals surface area contributed by atoms with E-state index in [1.807, 2.05) is 24.3 Å². The van der Waals surface area contributed by atoms with Gasteiger partial charge in [-0.15, -0.1) is 9.32 Å². The summed E-state index contributed by atoms with van der Waals surface area (Å²) in [5.41, 5.74) is 2.91. The summed E-state index contributed by atoms with van der Waals surface area (Å²) in [4.78, 5) is 16.9. The summed E-state index contributed by atoms with van der Waals surface area (Å²) < 4.78 is 22.9. The second kappa shape index (κ2) is 7.59. The van der Waals surface area contributed by atoms with Crippen molar-refractivity contribution < 1.29 is 23.2 Å². The number of rotatable bonds is 5. The Hall–Kier alpha value is -2.19. The zero-order valence-corrected chi connectivity index (χ0v) is 13.3. The zero-order chi connectivity index (χ0) is 16.9. The van der Waals surface area contributed by atoms with Crippen LogP contribution in [0.1, 0.15) is 17.5 Å². The summed E-state index contributed by atoms with van der Waals surface area (Å²) in [7, 11) is 0. The minimum atomic E-state index is -0.340. The average molecular weight is 347 g/mol. The number of carbonyl (C=O) groups excluding carboxylic acids is 1. The first-order chi connectivity index (χ1) is 11.7. The molecule has 1 aliphatic rings. The van der Waals surface area contributed by atoms with Gasteiger partial charge in [-0.1, -0.05) is 24.3 Å². The summed E-state index contributed by atoms with van der Waals surface area (Å²) in [6.45, 7) is 0.356. The van der Waals surface area contributed by atoms with Crippen LogP contribution >= 0.6 is 12.0 Å². The van der Waals surface area contributed by atoms with E-state index in [0.717, 1.165) is 33.6 Å². The molecule has 0 spiro atoms. The lowest BCUT2D eigenvalue weighted by Crippen LogP contribution is -2.01. The first kappa shape index (κ1) is 16.7. The Bertz CT molecular complexity index is 759. The van der Waals surface area contributed by atoms with Gasteiger partial charge in [-0.2, -0.15) is 5.90 Å². The van der Waals surface area contributed by atoms with Crippen molar-refractivity contribution in [1.82, 2.24) is 0 Å². The Kier molecular flexibility index (Phi) is 5.27. The maximum Gasteiger partial charge on any atom is 0.334 e. The molecule has 0 atom stereocenters. The van der Waals surface area contributed by atoms with E-state index in [2.05, 4.69) is 9.32 Å². The summed E-state index contributed by atoms with van der Waals surface area (Å²) in [5, 5.41) is 0. The van der Waals surface area contributed by atoms with Gasteiger partial charge in [-0.05, 0) is 41.0 Å². The number of ether oxygens (including phenoxy) is 1. The molecule has 0 radical (unpaired) electrons. The van der Waals surface area contributed by atoms with Crippen LogP contribution in [-0.4, -0.2) is 12.6 Å². The highest BCUT2D eigenvalue weighted by atomic mass is 32.2. The van der Waals surface area contributed by atoms with Gasteiger partial charge in [0.05, 0.1) is 18.6 Å². The Morgan fingerprint density at radius 2 is 1.71 bits per heavy atom. The van der Waals surface area contributed by atoms with Gasteiger partial charge in [0.25, 0.3) is 0 Å². The van der Waals surface area contributed by atoms with E-state index < -0.39 is 0 Å². The third-order valence-electron chi connectivity index (χ3n) is 3.58. The van der Waals surface area contributed by atoms with Crippen molar-refractivity contribution in [3.63, 3.8) is 0 Å². The van der Waals surface area contributed by atoms with Gasteiger partial charge in [-0.25, -0.2) is 9.18 Å². The fraction of sp³-hybridized carbons (Fsp3) is 0.118. The fourth-order valence-corrected chi connectivity index (χ4v) is 2.89. The Morgan fingerprint density at radius 1 is 1.08 bits per heavy atom. The molecule has 124 valence electrons. The van der Waals surface area contributed by atoms with Crippen LogP contribution < -0.4 is 5.90 Å². The van der Waals surface area contributed by atoms with Crippen molar-refractivity contribution in [3.8, 4) is 0 Å². The molecule has 0 saturated carbocycles. The largest absolute Gasteiger partial charge is 0.462 e. The maximum absolute atomic E-state index is 13.2. The van der Waals surface area contributed by atoms with Crippen LogP contribution in [0.2, 0.25) is 0 Å². The molecule has 3 rings (SSSR count). The number of esters is 1. The number of halogens is 1. The second-order valence-electron chi connectivity index (χ2n) is 5.02. The van der Waals surface area contributed by atoms with Crippen molar-refractivity contribution in [2.75, 3.05) is 6.61 Å². The molecule has 1 heterocycles. The summed E-state index contributed by atoms with van der Waals surface area (Å²) >= 11 is 0.967. The molecule has 0 aliphatic carbocycles. The van der Waals surface area contributed by atoms with Crippen molar-refractivity contribution in [2.24, 2.45) is 5.90 Å². The molecular weight excluding hydrogens is 333 g/mol. The molecule has 0 bridgehead atoms. The highest BCUT2D eigenvalue weighted by Crippen LogP contribution is 2.33. The predicted molar refractivity (Wildman–Crippen MR) is 86.7 cm³/mol. The van der Waals surface area contributed by atoms with Crippen molar-refractivity contribution in [2.45, 2.75) is 11.3 Å². The molecule has 24 heavy (non-hydrogen) atoms. The normalized spacial score (nSPS) is 16.2. The number of hydrogen-bond acceptors (Lipinski definition) is 6. The number of benzene rings is 2. The van der Waals surface area contributed by atoms with E-state index in [1.54, 1.807) is 12.1 Å². The average Bonchev–Trinajstić information content (AvgIpc) is 3.02. The summed E-state index contributed by atoms with van der Waals surface area (Å²) in [5.74, 6) is 4.14. The SMILES string of the molecule is NOOSc1ccc(/C(=C2\CCOC2=O)c2ccc(F)cc2)cc1. The molecule has 2 aromatic carbocycles. The molecule has 0 amide bonds. The summed E-state index contributed by atoms with van der Waals surface area (Å²) in [6, 6.07) is 13.3. The van der Waals surface area contributed by atoms with Gasteiger partial charge in [0.15, 0.2) is 0 Å².